The van der Waals surface area contributed by atoms with Crippen LogP contribution in [-0.2, 0) is 7.05 Å². The summed E-state index contributed by atoms with van der Waals surface area (Å²) < 4.78 is 1.93. The van der Waals surface area contributed by atoms with Crippen LogP contribution >= 0.6 is 0 Å². The second-order valence-electron chi connectivity index (χ2n) is 4.51. The Kier molecular flexibility index (Phi) is 2.88. The molecule has 3 nitrogen and oxygen atoms in total. The van der Waals surface area contributed by atoms with E-state index in [1.165, 1.54) is 0 Å². The fourth-order valence-corrected chi connectivity index (χ4v) is 2.40. The van der Waals surface area contributed by atoms with E-state index < -0.39 is 0 Å². The summed E-state index contributed by atoms with van der Waals surface area (Å²) in [7, 11) is 1.97. The molecule has 3 rings (SSSR count). The second kappa shape index (κ2) is 4.69. The molecule has 0 bridgehead atoms. The fraction of sp³-hybridized carbons (Fsp3) is 0.125. The van der Waals surface area contributed by atoms with Crippen molar-refractivity contribution in [3.05, 3.63) is 60.4 Å². The van der Waals surface area contributed by atoms with Crippen molar-refractivity contribution in [1.29, 1.82) is 0 Å². The molecule has 0 aliphatic heterocycles. The van der Waals surface area contributed by atoms with Gasteiger partial charge in [-0.3, -0.25) is 9.67 Å². The lowest BCUT2D eigenvalue weighted by atomic mass is 10.0. The van der Waals surface area contributed by atoms with E-state index in [2.05, 4.69) is 22.2 Å². The summed E-state index contributed by atoms with van der Waals surface area (Å²) in [4.78, 5) is 4.46. The third-order valence-corrected chi connectivity index (χ3v) is 3.19. The van der Waals surface area contributed by atoms with Gasteiger partial charge in [-0.05, 0) is 19.1 Å². The number of pyridine rings is 1. The molecule has 0 spiro atoms. The summed E-state index contributed by atoms with van der Waals surface area (Å²) in [5, 5.41) is 4.54. The molecule has 0 aliphatic carbocycles. The quantitative estimate of drug-likeness (QED) is 0.696. The number of hydrogen-bond donors (Lipinski definition) is 0. The summed E-state index contributed by atoms with van der Waals surface area (Å²) >= 11 is 0. The first-order valence-corrected chi connectivity index (χ1v) is 6.28. The summed E-state index contributed by atoms with van der Waals surface area (Å²) in [6.45, 7) is 2.02. The smallest absolute Gasteiger partial charge is 0.0776 e. The lowest BCUT2D eigenvalue weighted by Crippen LogP contribution is -1.94. The van der Waals surface area contributed by atoms with Gasteiger partial charge in [0.1, 0.15) is 0 Å². The third-order valence-electron chi connectivity index (χ3n) is 3.19. The Bertz CT molecular complexity index is 625. The number of aromatic nitrogens is 3. The lowest BCUT2D eigenvalue weighted by molar-refractivity contribution is 0.764. The van der Waals surface area contributed by atoms with E-state index in [1.54, 1.807) is 0 Å². The third kappa shape index (κ3) is 2.03. The highest BCUT2D eigenvalue weighted by Crippen LogP contribution is 2.32. The van der Waals surface area contributed by atoms with Crippen LogP contribution in [0.25, 0.3) is 22.5 Å². The lowest BCUT2D eigenvalue weighted by Gasteiger charge is -2.06. The normalized spacial score (nSPS) is 10.6. The van der Waals surface area contributed by atoms with Crippen molar-refractivity contribution < 1.29 is 0 Å². The molecule has 1 aromatic carbocycles. The van der Waals surface area contributed by atoms with Crippen LogP contribution in [0.4, 0.5) is 0 Å². The number of benzene rings is 1. The SMILES string of the molecule is Cc1nn(C)c(-c2ccccc2)c1-c1ccccn1. The first-order valence-electron chi connectivity index (χ1n) is 6.28. The molecule has 2 heterocycles. The van der Waals surface area contributed by atoms with Gasteiger partial charge in [-0.25, -0.2) is 0 Å². The molecular formula is C16H15N3. The molecule has 2 aromatic heterocycles. The predicted molar refractivity (Wildman–Crippen MR) is 76.6 cm³/mol. The highest BCUT2D eigenvalue weighted by Gasteiger charge is 2.17. The van der Waals surface area contributed by atoms with Gasteiger partial charge in [0.05, 0.1) is 17.1 Å². The van der Waals surface area contributed by atoms with Gasteiger partial charge in [0, 0.05) is 24.4 Å². The van der Waals surface area contributed by atoms with Gasteiger partial charge in [0.2, 0.25) is 0 Å². The number of hydrogen-bond acceptors (Lipinski definition) is 2. The molecule has 94 valence electrons. The molecule has 0 amide bonds. The van der Waals surface area contributed by atoms with Crippen LogP contribution in [0.1, 0.15) is 5.69 Å². The van der Waals surface area contributed by atoms with Crippen molar-refractivity contribution in [2.45, 2.75) is 6.92 Å². The molecule has 0 N–H and O–H groups in total. The van der Waals surface area contributed by atoms with Crippen LogP contribution < -0.4 is 0 Å². The van der Waals surface area contributed by atoms with Gasteiger partial charge in [-0.15, -0.1) is 0 Å². The van der Waals surface area contributed by atoms with Gasteiger partial charge < -0.3 is 0 Å². The number of rotatable bonds is 2. The van der Waals surface area contributed by atoms with E-state index in [9.17, 15) is 0 Å². The first-order chi connectivity index (χ1) is 9.27. The van der Waals surface area contributed by atoms with Gasteiger partial charge in [-0.1, -0.05) is 36.4 Å². The average molecular weight is 249 g/mol. The maximum absolute atomic E-state index is 4.54. The minimum Gasteiger partial charge on any atom is -0.267 e. The topological polar surface area (TPSA) is 30.7 Å². The van der Waals surface area contributed by atoms with E-state index in [0.717, 1.165) is 28.2 Å². The maximum atomic E-state index is 4.54. The van der Waals surface area contributed by atoms with Gasteiger partial charge in [-0.2, -0.15) is 5.10 Å². The molecule has 0 atom stereocenters. The Labute approximate surface area is 112 Å². The Morgan fingerprint density at radius 2 is 1.68 bits per heavy atom. The van der Waals surface area contributed by atoms with Crippen molar-refractivity contribution in [3.8, 4) is 22.5 Å². The Hall–Kier alpha value is -2.42. The van der Waals surface area contributed by atoms with Crippen molar-refractivity contribution in [2.24, 2.45) is 7.05 Å². The standard InChI is InChI=1S/C16H15N3/c1-12-15(14-10-6-7-11-17-14)16(19(2)18-12)13-8-4-3-5-9-13/h3-11H,1-2H3. The van der Waals surface area contributed by atoms with Gasteiger partial charge >= 0.3 is 0 Å². The highest BCUT2D eigenvalue weighted by molar-refractivity contribution is 5.81. The average Bonchev–Trinajstić information content (AvgIpc) is 2.75. The van der Waals surface area contributed by atoms with Gasteiger partial charge in [0.25, 0.3) is 0 Å². The molecule has 3 heteroatoms. The number of nitrogens with zero attached hydrogens (tertiary/aromatic N) is 3. The highest BCUT2D eigenvalue weighted by atomic mass is 15.3. The Balaban J connectivity index is 2.26. The van der Waals surface area contributed by atoms with E-state index >= 15 is 0 Å². The molecule has 0 fully saturated rings. The first kappa shape index (κ1) is 11.7. The van der Waals surface area contributed by atoms with Crippen LogP contribution in [0.15, 0.2) is 54.7 Å². The maximum Gasteiger partial charge on any atom is 0.0776 e. The summed E-state index contributed by atoms with van der Waals surface area (Å²) in [6.07, 6.45) is 1.82. The minimum atomic E-state index is 0.965. The molecule has 0 radical (unpaired) electrons. The molecule has 0 unspecified atom stereocenters. The molecule has 0 saturated heterocycles. The summed E-state index contributed by atoms with van der Waals surface area (Å²) in [6, 6.07) is 16.3. The van der Waals surface area contributed by atoms with Crippen molar-refractivity contribution in [3.63, 3.8) is 0 Å². The zero-order chi connectivity index (χ0) is 13.2. The molecule has 3 aromatic rings. The zero-order valence-electron chi connectivity index (χ0n) is 11.0. The van der Waals surface area contributed by atoms with Crippen LogP contribution in [0.5, 0.6) is 0 Å². The zero-order valence-corrected chi connectivity index (χ0v) is 11.0. The predicted octanol–water partition coefficient (Wildman–Crippen LogP) is 3.46. The van der Waals surface area contributed by atoms with Crippen LogP contribution in [0.3, 0.4) is 0 Å². The molecule has 19 heavy (non-hydrogen) atoms. The van der Waals surface area contributed by atoms with Crippen LogP contribution in [-0.4, -0.2) is 14.8 Å². The molecular weight excluding hydrogens is 234 g/mol. The fourth-order valence-electron chi connectivity index (χ4n) is 2.40. The monoisotopic (exact) mass is 249 g/mol. The van der Waals surface area contributed by atoms with E-state index in [0.29, 0.717) is 0 Å². The van der Waals surface area contributed by atoms with Crippen molar-refractivity contribution >= 4 is 0 Å². The van der Waals surface area contributed by atoms with E-state index in [4.69, 9.17) is 0 Å². The second-order valence-corrected chi connectivity index (χ2v) is 4.51. The summed E-state index contributed by atoms with van der Waals surface area (Å²) in [5.74, 6) is 0. The Morgan fingerprint density at radius 1 is 0.947 bits per heavy atom. The summed E-state index contributed by atoms with van der Waals surface area (Å²) in [5.41, 5.74) is 5.34. The van der Waals surface area contributed by atoms with Crippen molar-refractivity contribution in [1.82, 2.24) is 14.8 Å². The van der Waals surface area contributed by atoms with Crippen molar-refractivity contribution in [2.75, 3.05) is 0 Å². The number of aryl methyl sites for hydroxylation is 2. The van der Waals surface area contributed by atoms with Crippen LogP contribution in [0, 0.1) is 6.92 Å². The molecule has 0 saturated carbocycles. The minimum absolute atomic E-state index is 0.965. The Morgan fingerprint density at radius 3 is 2.37 bits per heavy atom. The van der Waals surface area contributed by atoms with E-state index in [-0.39, 0.29) is 0 Å². The van der Waals surface area contributed by atoms with E-state index in [1.807, 2.05) is 61.2 Å². The molecule has 0 aliphatic rings. The van der Waals surface area contributed by atoms with Gasteiger partial charge in [0.15, 0.2) is 0 Å². The van der Waals surface area contributed by atoms with Crippen LogP contribution in [0.2, 0.25) is 0 Å². The largest absolute Gasteiger partial charge is 0.267 e.